The number of rotatable bonds is 5. The van der Waals surface area contributed by atoms with Gasteiger partial charge in [-0.05, 0) is 38.8 Å². The number of carboxylic acid groups (broad SMARTS) is 1. The summed E-state index contributed by atoms with van der Waals surface area (Å²) in [6.07, 6.45) is 3.20. The van der Waals surface area contributed by atoms with E-state index >= 15 is 0 Å². The molecule has 0 aliphatic rings. The monoisotopic (exact) mass is 209 g/mol. The van der Waals surface area contributed by atoms with Crippen LogP contribution in [0.1, 0.15) is 55.8 Å². The van der Waals surface area contributed by atoms with Crippen molar-refractivity contribution in [1.29, 1.82) is 0 Å². The summed E-state index contributed by atoms with van der Waals surface area (Å²) in [6.45, 7) is 6.17. The summed E-state index contributed by atoms with van der Waals surface area (Å²) in [4.78, 5) is 11.0. The Morgan fingerprint density at radius 3 is 2.60 bits per heavy atom. The second kappa shape index (κ2) is 5.01. The van der Waals surface area contributed by atoms with Crippen molar-refractivity contribution in [2.24, 2.45) is 0 Å². The van der Waals surface area contributed by atoms with Crippen LogP contribution in [0.5, 0.6) is 0 Å². The summed E-state index contributed by atoms with van der Waals surface area (Å²) in [6, 6.07) is 3.84. The van der Waals surface area contributed by atoms with E-state index in [1.807, 2.05) is 24.5 Å². The van der Waals surface area contributed by atoms with Gasteiger partial charge in [-0.3, -0.25) is 0 Å². The summed E-state index contributed by atoms with van der Waals surface area (Å²) < 4.78 is 1.91. The average molecular weight is 209 g/mol. The maximum Gasteiger partial charge on any atom is 0.352 e. The van der Waals surface area contributed by atoms with Crippen LogP contribution in [-0.4, -0.2) is 15.6 Å². The summed E-state index contributed by atoms with van der Waals surface area (Å²) >= 11 is 0. The van der Waals surface area contributed by atoms with E-state index in [2.05, 4.69) is 6.92 Å². The highest BCUT2D eigenvalue weighted by Gasteiger charge is 2.15. The van der Waals surface area contributed by atoms with Gasteiger partial charge in [-0.2, -0.15) is 0 Å². The average Bonchev–Trinajstić information content (AvgIpc) is 2.58. The first kappa shape index (κ1) is 11.8. The van der Waals surface area contributed by atoms with Gasteiger partial charge < -0.3 is 9.67 Å². The van der Waals surface area contributed by atoms with E-state index in [1.54, 1.807) is 6.07 Å². The number of aryl methyl sites for hydroxylation is 1. The van der Waals surface area contributed by atoms with Gasteiger partial charge in [0.05, 0.1) is 0 Å². The lowest BCUT2D eigenvalue weighted by atomic mass is 10.2. The van der Waals surface area contributed by atoms with Gasteiger partial charge >= 0.3 is 5.97 Å². The lowest BCUT2D eigenvalue weighted by Gasteiger charge is -2.15. The molecule has 0 atom stereocenters. The van der Waals surface area contributed by atoms with Crippen LogP contribution in [-0.2, 0) is 6.42 Å². The smallest absolute Gasteiger partial charge is 0.352 e. The third-order valence-electron chi connectivity index (χ3n) is 2.52. The molecule has 1 aromatic heterocycles. The quantitative estimate of drug-likeness (QED) is 0.809. The minimum Gasteiger partial charge on any atom is -0.477 e. The van der Waals surface area contributed by atoms with E-state index in [1.165, 1.54) is 0 Å². The summed E-state index contributed by atoms with van der Waals surface area (Å²) in [5.41, 5.74) is 1.53. The van der Waals surface area contributed by atoms with Gasteiger partial charge in [0.2, 0.25) is 0 Å². The third-order valence-corrected chi connectivity index (χ3v) is 2.52. The number of carboxylic acids is 1. The molecule has 0 spiro atoms. The van der Waals surface area contributed by atoms with E-state index in [4.69, 9.17) is 5.11 Å². The number of hydrogen-bond donors (Lipinski definition) is 1. The minimum absolute atomic E-state index is 0.206. The molecule has 0 unspecified atom stereocenters. The summed E-state index contributed by atoms with van der Waals surface area (Å²) in [5.74, 6) is -0.841. The highest BCUT2D eigenvalue weighted by Crippen LogP contribution is 2.18. The molecule has 1 N–H and O–H groups in total. The third kappa shape index (κ3) is 2.61. The highest BCUT2D eigenvalue weighted by molar-refractivity contribution is 5.86. The molecule has 0 bridgehead atoms. The van der Waals surface area contributed by atoms with Crippen LogP contribution in [0.3, 0.4) is 0 Å². The van der Waals surface area contributed by atoms with Gasteiger partial charge in [0.1, 0.15) is 5.69 Å². The molecule has 1 aromatic rings. The van der Waals surface area contributed by atoms with Gasteiger partial charge in [0.15, 0.2) is 0 Å². The fraction of sp³-hybridized carbons (Fsp3) is 0.583. The molecule has 84 valence electrons. The van der Waals surface area contributed by atoms with Crippen LogP contribution in [0.2, 0.25) is 0 Å². The van der Waals surface area contributed by atoms with Crippen molar-refractivity contribution in [3.63, 3.8) is 0 Å². The van der Waals surface area contributed by atoms with E-state index in [9.17, 15) is 4.79 Å². The van der Waals surface area contributed by atoms with Gasteiger partial charge in [0, 0.05) is 11.7 Å². The van der Waals surface area contributed by atoms with Crippen molar-refractivity contribution in [2.45, 2.75) is 46.1 Å². The Labute approximate surface area is 90.7 Å². The molecule has 0 saturated heterocycles. The van der Waals surface area contributed by atoms with Gasteiger partial charge in [-0.15, -0.1) is 0 Å². The number of unbranched alkanes of at least 4 members (excludes halogenated alkanes) is 1. The summed E-state index contributed by atoms with van der Waals surface area (Å²) in [7, 11) is 0. The van der Waals surface area contributed by atoms with E-state index in [0.717, 1.165) is 25.0 Å². The SMILES string of the molecule is CCCCc1ccc(C(=O)O)n1C(C)C. The molecule has 0 aliphatic carbocycles. The maximum atomic E-state index is 11.0. The molecular formula is C12H19NO2. The Morgan fingerprint density at radius 2 is 2.13 bits per heavy atom. The number of carbonyl (C=O) groups is 1. The van der Waals surface area contributed by atoms with E-state index < -0.39 is 5.97 Å². The van der Waals surface area contributed by atoms with Crippen molar-refractivity contribution in [1.82, 2.24) is 4.57 Å². The van der Waals surface area contributed by atoms with Crippen molar-refractivity contribution < 1.29 is 9.90 Å². The predicted octanol–water partition coefficient (Wildman–Crippen LogP) is 3.11. The van der Waals surface area contributed by atoms with Crippen LogP contribution in [0.15, 0.2) is 12.1 Å². The molecule has 0 aliphatic heterocycles. The number of aromatic carboxylic acids is 1. The lowest BCUT2D eigenvalue weighted by molar-refractivity contribution is 0.0683. The Morgan fingerprint density at radius 1 is 1.47 bits per heavy atom. The van der Waals surface area contributed by atoms with Crippen molar-refractivity contribution >= 4 is 5.97 Å². The molecule has 3 heteroatoms. The second-order valence-corrected chi connectivity index (χ2v) is 4.08. The van der Waals surface area contributed by atoms with Crippen LogP contribution in [0, 0.1) is 0 Å². The van der Waals surface area contributed by atoms with E-state index in [0.29, 0.717) is 5.69 Å². The molecular weight excluding hydrogens is 190 g/mol. The van der Waals surface area contributed by atoms with Crippen molar-refractivity contribution in [3.05, 3.63) is 23.5 Å². The molecule has 3 nitrogen and oxygen atoms in total. The molecule has 0 radical (unpaired) electrons. The second-order valence-electron chi connectivity index (χ2n) is 4.08. The Balaban J connectivity index is 3.01. The van der Waals surface area contributed by atoms with E-state index in [-0.39, 0.29) is 6.04 Å². The van der Waals surface area contributed by atoms with Crippen molar-refractivity contribution in [3.8, 4) is 0 Å². The van der Waals surface area contributed by atoms with Gasteiger partial charge in [0.25, 0.3) is 0 Å². The minimum atomic E-state index is -0.841. The first-order valence-corrected chi connectivity index (χ1v) is 5.51. The van der Waals surface area contributed by atoms with Crippen LogP contribution >= 0.6 is 0 Å². The molecule has 0 amide bonds. The topological polar surface area (TPSA) is 42.2 Å². The molecule has 15 heavy (non-hydrogen) atoms. The molecule has 1 rings (SSSR count). The van der Waals surface area contributed by atoms with Crippen LogP contribution in [0.25, 0.3) is 0 Å². The molecule has 0 aromatic carbocycles. The zero-order valence-electron chi connectivity index (χ0n) is 9.66. The Kier molecular flexibility index (Phi) is 3.95. The summed E-state index contributed by atoms with van der Waals surface area (Å²) in [5, 5.41) is 9.03. The Bertz CT molecular complexity index is 339. The first-order valence-electron chi connectivity index (χ1n) is 5.51. The number of aromatic nitrogens is 1. The maximum absolute atomic E-state index is 11.0. The lowest BCUT2D eigenvalue weighted by Crippen LogP contribution is -2.13. The predicted molar refractivity (Wildman–Crippen MR) is 60.4 cm³/mol. The normalized spacial score (nSPS) is 10.9. The molecule has 0 fully saturated rings. The number of nitrogens with zero attached hydrogens (tertiary/aromatic N) is 1. The standard InChI is InChI=1S/C12H19NO2/c1-4-5-6-10-7-8-11(12(14)15)13(10)9(2)3/h7-9H,4-6H2,1-3H3,(H,14,15). The van der Waals surface area contributed by atoms with Crippen LogP contribution in [0.4, 0.5) is 0 Å². The zero-order valence-corrected chi connectivity index (χ0v) is 9.66. The van der Waals surface area contributed by atoms with Crippen LogP contribution < -0.4 is 0 Å². The fourth-order valence-electron chi connectivity index (χ4n) is 1.84. The van der Waals surface area contributed by atoms with Gasteiger partial charge in [-0.1, -0.05) is 13.3 Å². The molecule has 1 heterocycles. The number of hydrogen-bond acceptors (Lipinski definition) is 1. The van der Waals surface area contributed by atoms with Crippen molar-refractivity contribution in [2.75, 3.05) is 0 Å². The largest absolute Gasteiger partial charge is 0.477 e. The first-order chi connectivity index (χ1) is 7.07. The van der Waals surface area contributed by atoms with Gasteiger partial charge in [-0.25, -0.2) is 4.79 Å². The fourth-order valence-corrected chi connectivity index (χ4v) is 1.84. The highest BCUT2D eigenvalue weighted by atomic mass is 16.4. The zero-order chi connectivity index (χ0) is 11.4. The Hall–Kier alpha value is -1.25. The molecule has 0 saturated carbocycles.